The van der Waals surface area contributed by atoms with Gasteiger partial charge >= 0.3 is 0 Å². The van der Waals surface area contributed by atoms with Gasteiger partial charge in [-0.2, -0.15) is 0 Å². The molecule has 0 aliphatic carbocycles. The summed E-state index contributed by atoms with van der Waals surface area (Å²) in [6.07, 6.45) is 0. The maximum Gasteiger partial charge on any atom is 0.143 e. The molecule has 0 saturated heterocycles. The molecule has 11 aromatic carbocycles. The Morgan fingerprint density at radius 2 is 0.892 bits per heavy atom. The van der Waals surface area contributed by atoms with Crippen LogP contribution in [0.2, 0.25) is 0 Å². The first-order valence-electron chi connectivity index (χ1n) is 22.2. The third kappa shape index (κ3) is 6.05. The Hall–Kier alpha value is -8.66. The lowest BCUT2D eigenvalue weighted by Crippen LogP contribution is -2.11. The van der Waals surface area contributed by atoms with Gasteiger partial charge in [0, 0.05) is 49.6 Å². The smallest absolute Gasteiger partial charge is 0.143 e. The van der Waals surface area contributed by atoms with Crippen LogP contribution in [0.1, 0.15) is 0 Å². The first-order chi connectivity index (χ1) is 32.2. The topological polar surface area (TPSA) is 21.3 Å². The van der Waals surface area contributed by atoms with Gasteiger partial charge in [-0.05, 0) is 98.9 Å². The van der Waals surface area contributed by atoms with Gasteiger partial charge in [0.05, 0.1) is 22.4 Å². The van der Waals surface area contributed by atoms with E-state index in [1.807, 2.05) is 6.07 Å². The van der Waals surface area contributed by atoms with Crippen LogP contribution < -0.4 is 4.90 Å². The predicted molar refractivity (Wildman–Crippen MR) is 274 cm³/mol. The molecule has 0 unspecified atom stereocenters. The van der Waals surface area contributed by atoms with Crippen molar-refractivity contribution in [3.63, 3.8) is 0 Å². The zero-order chi connectivity index (χ0) is 42.8. The van der Waals surface area contributed by atoms with Crippen molar-refractivity contribution in [3.8, 4) is 39.1 Å². The Morgan fingerprint density at radius 1 is 0.323 bits per heavy atom. The number of hydrogen-bond donors (Lipinski definition) is 0. The van der Waals surface area contributed by atoms with E-state index in [1.165, 1.54) is 54.5 Å². The van der Waals surface area contributed by atoms with Crippen LogP contribution in [0.5, 0.6) is 0 Å². The fourth-order valence-corrected chi connectivity index (χ4v) is 10.2. The highest BCUT2D eigenvalue weighted by atomic mass is 16.3. The molecule has 3 nitrogen and oxygen atoms in total. The number of nitrogens with zero attached hydrogens (tertiary/aromatic N) is 2. The molecule has 13 aromatic rings. The number of hydrogen-bond acceptors (Lipinski definition) is 2. The van der Waals surface area contributed by atoms with Crippen LogP contribution >= 0.6 is 0 Å². The summed E-state index contributed by atoms with van der Waals surface area (Å²) in [5, 5.41) is 9.64. The van der Waals surface area contributed by atoms with E-state index in [0.29, 0.717) is 0 Å². The van der Waals surface area contributed by atoms with Crippen LogP contribution in [-0.4, -0.2) is 4.57 Å². The molecular formula is C62H40N2O. The lowest BCUT2D eigenvalue weighted by molar-refractivity contribution is 0.670. The molecule has 0 spiro atoms. The van der Waals surface area contributed by atoms with Gasteiger partial charge in [0.2, 0.25) is 0 Å². The molecule has 0 saturated carbocycles. The van der Waals surface area contributed by atoms with Gasteiger partial charge < -0.3 is 13.9 Å². The molecule has 0 atom stereocenters. The summed E-state index contributed by atoms with van der Waals surface area (Å²) in [6, 6.07) is 87.7. The maximum absolute atomic E-state index is 6.64. The Labute approximate surface area is 376 Å². The molecule has 0 aliphatic heterocycles. The fourth-order valence-electron chi connectivity index (χ4n) is 10.2. The second-order valence-electron chi connectivity index (χ2n) is 16.8. The second kappa shape index (κ2) is 15.0. The lowest BCUT2D eigenvalue weighted by atomic mass is 9.97. The van der Waals surface area contributed by atoms with Crippen molar-refractivity contribution in [2.24, 2.45) is 0 Å². The largest absolute Gasteiger partial charge is 0.455 e. The number of furan rings is 1. The summed E-state index contributed by atoms with van der Waals surface area (Å²) >= 11 is 0. The van der Waals surface area contributed by atoms with E-state index in [1.54, 1.807) is 0 Å². The van der Waals surface area contributed by atoms with Crippen LogP contribution in [0.4, 0.5) is 17.1 Å². The van der Waals surface area contributed by atoms with Crippen molar-refractivity contribution in [2.75, 3.05) is 4.90 Å². The van der Waals surface area contributed by atoms with Gasteiger partial charge in [-0.15, -0.1) is 0 Å². The molecule has 3 heteroatoms. The van der Waals surface area contributed by atoms with Crippen LogP contribution in [-0.2, 0) is 0 Å². The summed E-state index contributed by atoms with van der Waals surface area (Å²) in [6.45, 7) is 0. The molecule has 2 aromatic heterocycles. The second-order valence-corrected chi connectivity index (χ2v) is 16.8. The SMILES string of the molecule is c1cc(-c2ccc(N(c3ccc4ccc5ccccc5c4c3)c3ccccc3-c3cccc4c3oc3ccccc34)cc2)cc(-c2ccccc2-n2c3ccccc3c3ccccc32)c1. The highest BCUT2D eigenvalue weighted by Crippen LogP contribution is 2.46. The molecule has 2 heterocycles. The molecule has 65 heavy (non-hydrogen) atoms. The monoisotopic (exact) mass is 828 g/mol. The zero-order valence-electron chi connectivity index (χ0n) is 35.4. The van der Waals surface area contributed by atoms with Gasteiger partial charge in [-0.25, -0.2) is 0 Å². The Bertz CT molecular complexity index is 3910. The Balaban J connectivity index is 0.949. The standard InChI is InChI=1S/C62H40N2O/c1-2-18-48-42(15-1)31-32-43-35-38-47(40-56(43)48)63(58-27-9-6-22-52(58)54-24-14-25-55-53-23-7-12-30-61(53)65-62(54)55)46-36-33-41(34-37-46)44-16-13-17-45(39-44)49-19-3-8-26-57(49)64-59-28-10-4-20-50(59)51-21-5-11-29-60(51)64/h1-40H. The Morgan fingerprint density at radius 3 is 1.71 bits per heavy atom. The molecule has 0 radical (unpaired) electrons. The van der Waals surface area contributed by atoms with E-state index in [0.717, 1.165) is 66.9 Å². The van der Waals surface area contributed by atoms with Crippen molar-refractivity contribution >= 4 is 82.4 Å². The Kier molecular flexibility index (Phi) is 8.53. The highest BCUT2D eigenvalue weighted by molar-refractivity contribution is 6.13. The quantitative estimate of drug-likeness (QED) is 0.149. The van der Waals surface area contributed by atoms with Crippen LogP contribution in [0.15, 0.2) is 247 Å². The normalized spacial score (nSPS) is 11.7. The predicted octanol–water partition coefficient (Wildman–Crippen LogP) is 17.5. The first-order valence-corrected chi connectivity index (χ1v) is 22.2. The van der Waals surface area contributed by atoms with E-state index in [4.69, 9.17) is 4.42 Å². The number of rotatable bonds is 7. The van der Waals surface area contributed by atoms with Crippen LogP contribution in [0.3, 0.4) is 0 Å². The zero-order valence-corrected chi connectivity index (χ0v) is 35.4. The van der Waals surface area contributed by atoms with E-state index in [-0.39, 0.29) is 0 Å². The van der Waals surface area contributed by atoms with Gasteiger partial charge in [-0.1, -0.05) is 182 Å². The van der Waals surface area contributed by atoms with E-state index in [2.05, 4.69) is 246 Å². The number of fused-ring (bicyclic) bond motifs is 9. The molecule has 0 bridgehead atoms. The van der Waals surface area contributed by atoms with Gasteiger partial charge in [0.15, 0.2) is 0 Å². The lowest BCUT2D eigenvalue weighted by Gasteiger charge is -2.28. The van der Waals surface area contributed by atoms with E-state index < -0.39 is 0 Å². The third-order valence-electron chi connectivity index (χ3n) is 13.2. The molecule has 0 aliphatic rings. The van der Waals surface area contributed by atoms with Crippen molar-refractivity contribution in [3.05, 3.63) is 243 Å². The summed E-state index contributed by atoms with van der Waals surface area (Å²) in [7, 11) is 0. The van der Waals surface area contributed by atoms with Gasteiger partial charge in [-0.3, -0.25) is 0 Å². The maximum atomic E-state index is 6.64. The van der Waals surface area contributed by atoms with E-state index >= 15 is 0 Å². The highest BCUT2D eigenvalue weighted by Gasteiger charge is 2.22. The summed E-state index contributed by atoms with van der Waals surface area (Å²) < 4.78 is 9.06. The number of aromatic nitrogens is 1. The fraction of sp³-hybridized carbons (Fsp3) is 0. The van der Waals surface area contributed by atoms with E-state index in [9.17, 15) is 0 Å². The molecule has 13 rings (SSSR count). The molecule has 0 fully saturated rings. The molecule has 304 valence electrons. The minimum Gasteiger partial charge on any atom is -0.455 e. The van der Waals surface area contributed by atoms with Crippen molar-refractivity contribution in [2.45, 2.75) is 0 Å². The number of benzene rings is 11. The molecular weight excluding hydrogens is 789 g/mol. The van der Waals surface area contributed by atoms with Crippen molar-refractivity contribution < 1.29 is 4.42 Å². The minimum absolute atomic E-state index is 0.889. The summed E-state index contributed by atoms with van der Waals surface area (Å²) in [4.78, 5) is 2.40. The van der Waals surface area contributed by atoms with Crippen molar-refractivity contribution in [1.29, 1.82) is 0 Å². The minimum atomic E-state index is 0.889. The van der Waals surface area contributed by atoms with Gasteiger partial charge in [0.1, 0.15) is 11.2 Å². The average molecular weight is 829 g/mol. The summed E-state index contributed by atoms with van der Waals surface area (Å²) in [5.74, 6) is 0. The van der Waals surface area contributed by atoms with Crippen LogP contribution in [0.25, 0.3) is 104 Å². The van der Waals surface area contributed by atoms with Gasteiger partial charge in [0.25, 0.3) is 0 Å². The first kappa shape index (κ1) is 36.9. The number of para-hydroxylation sites is 6. The average Bonchev–Trinajstić information content (AvgIpc) is 3.93. The van der Waals surface area contributed by atoms with Crippen LogP contribution in [0, 0.1) is 0 Å². The van der Waals surface area contributed by atoms with Crippen molar-refractivity contribution in [1.82, 2.24) is 4.57 Å². The summed E-state index contributed by atoms with van der Waals surface area (Å²) in [5.41, 5.74) is 15.4. The number of anilines is 3. The molecule has 0 N–H and O–H groups in total. The molecule has 0 amide bonds. The third-order valence-corrected chi connectivity index (χ3v) is 13.2.